The minimum atomic E-state index is -0.628. The Balaban J connectivity index is 1.27. The Labute approximate surface area is 239 Å². The van der Waals surface area contributed by atoms with E-state index in [-0.39, 0.29) is 23.9 Å². The number of fused-ring (bicyclic) bond motifs is 4. The van der Waals surface area contributed by atoms with Crippen molar-refractivity contribution in [3.8, 4) is 0 Å². The van der Waals surface area contributed by atoms with Crippen molar-refractivity contribution in [2.75, 3.05) is 18.1 Å². The van der Waals surface area contributed by atoms with Gasteiger partial charge in [-0.2, -0.15) is 0 Å². The van der Waals surface area contributed by atoms with Crippen LogP contribution in [0.3, 0.4) is 0 Å². The van der Waals surface area contributed by atoms with Crippen LogP contribution < -0.4 is 10.2 Å². The SMILES string of the molecule is Cc1ccc(C2c3[nH]c4ccccc4c3CC3C(=O)N(c4ccc(C(=O)NCCCOC(C)C)cc4)C(=O)N32)cc1. The molecule has 6 rings (SSSR count). The topological polar surface area (TPSA) is 94.7 Å². The zero-order valence-electron chi connectivity index (χ0n) is 23.5. The van der Waals surface area contributed by atoms with E-state index in [2.05, 4.69) is 16.4 Å². The van der Waals surface area contributed by atoms with Gasteiger partial charge in [0.2, 0.25) is 0 Å². The highest BCUT2D eigenvalue weighted by atomic mass is 16.5. The predicted molar refractivity (Wildman–Crippen MR) is 158 cm³/mol. The van der Waals surface area contributed by atoms with Gasteiger partial charge in [-0.1, -0.05) is 48.0 Å². The fourth-order valence-electron chi connectivity index (χ4n) is 5.86. The second-order valence-electron chi connectivity index (χ2n) is 11.0. The molecule has 1 saturated heterocycles. The lowest BCUT2D eigenvalue weighted by Crippen LogP contribution is -2.44. The Morgan fingerprint density at radius 1 is 1.02 bits per heavy atom. The number of hydrogen-bond acceptors (Lipinski definition) is 4. The molecule has 0 aliphatic carbocycles. The van der Waals surface area contributed by atoms with Gasteiger partial charge >= 0.3 is 6.03 Å². The molecular weight excluding hydrogens is 516 g/mol. The molecule has 2 N–H and O–H groups in total. The fourth-order valence-corrected chi connectivity index (χ4v) is 5.86. The Hall–Kier alpha value is -4.43. The Kier molecular flexibility index (Phi) is 7.09. The second kappa shape index (κ2) is 10.9. The van der Waals surface area contributed by atoms with E-state index in [0.29, 0.717) is 30.8 Å². The first-order valence-corrected chi connectivity index (χ1v) is 14.2. The van der Waals surface area contributed by atoms with E-state index in [1.165, 1.54) is 4.90 Å². The number of rotatable bonds is 8. The van der Waals surface area contributed by atoms with Gasteiger partial charge in [-0.3, -0.25) is 14.5 Å². The largest absolute Gasteiger partial charge is 0.379 e. The molecule has 3 aromatic carbocycles. The number of benzene rings is 3. The van der Waals surface area contributed by atoms with Gasteiger partial charge < -0.3 is 15.0 Å². The van der Waals surface area contributed by atoms with Gasteiger partial charge in [-0.25, -0.2) is 9.69 Å². The molecule has 0 saturated carbocycles. The van der Waals surface area contributed by atoms with Gasteiger partial charge in [0.05, 0.1) is 11.8 Å². The van der Waals surface area contributed by atoms with E-state index in [1.807, 2.05) is 63.2 Å². The van der Waals surface area contributed by atoms with Crippen LogP contribution in [-0.2, 0) is 16.0 Å². The molecule has 2 unspecified atom stereocenters. The molecule has 0 spiro atoms. The number of para-hydroxylation sites is 1. The van der Waals surface area contributed by atoms with Crippen LogP contribution in [0.2, 0.25) is 0 Å². The lowest BCUT2D eigenvalue weighted by molar-refractivity contribution is -0.120. The molecule has 3 heterocycles. The molecule has 4 amide bonds. The number of imide groups is 1. The normalized spacial score (nSPS) is 18.2. The van der Waals surface area contributed by atoms with Gasteiger partial charge in [-0.05, 0) is 68.7 Å². The molecule has 8 nitrogen and oxygen atoms in total. The van der Waals surface area contributed by atoms with Gasteiger partial charge in [0.1, 0.15) is 12.1 Å². The maximum absolute atomic E-state index is 14.0. The van der Waals surface area contributed by atoms with Gasteiger partial charge in [0.15, 0.2) is 0 Å². The first-order chi connectivity index (χ1) is 19.8. The highest BCUT2D eigenvalue weighted by Crippen LogP contribution is 2.44. The molecule has 0 radical (unpaired) electrons. The lowest BCUT2D eigenvalue weighted by Gasteiger charge is -2.36. The molecule has 1 fully saturated rings. The van der Waals surface area contributed by atoms with Gasteiger partial charge in [0, 0.05) is 41.7 Å². The lowest BCUT2D eigenvalue weighted by atomic mass is 9.88. The summed E-state index contributed by atoms with van der Waals surface area (Å²) in [5.41, 5.74) is 6.00. The van der Waals surface area contributed by atoms with E-state index >= 15 is 0 Å². The maximum Gasteiger partial charge on any atom is 0.332 e. The molecule has 210 valence electrons. The molecule has 1 aromatic heterocycles. The van der Waals surface area contributed by atoms with Crippen molar-refractivity contribution in [3.05, 3.63) is 101 Å². The summed E-state index contributed by atoms with van der Waals surface area (Å²) in [7, 11) is 0. The van der Waals surface area contributed by atoms with Crippen LogP contribution in [0.4, 0.5) is 10.5 Å². The van der Waals surface area contributed by atoms with Crippen LogP contribution in [0.5, 0.6) is 0 Å². The number of aromatic amines is 1. The monoisotopic (exact) mass is 550 g/mol. The van der Waals surface area contributed by atoms with Crippen molar-refractivity contribution in [1.29, 1.82) is 0 Å². The van der Waals surface area contributed by atoms with Gasteiger partial charge in [-0.15, -0.1) is 0 Å². The summed E-state index contributed by atoms with van der Waals surface area (Å²) in [5.74, 6) is -0.465. The van der Waals surface area contributed by atoms with Crippen LogP contribution in [0.1, 0.15) is 59.1 Å². The van der Waals surface area contributed by atoms with E-state index in [0.717, 1.165) is 39.7 Å². The second-order valence-corrected chi connectivity index (χ2v) is 11.0. The summed E-state index contributed by atoms with van der Waals surface area (Å²) in [4.78, 5) is 47.1. The number of carbonyl (C=O) groups excluding carboxylic acids is 3. The molecule has 2 aliphatic rings. The number of hydrogen-bond donors (Lipinski definition) is 2. The van der Waals surface area contributed by atoms with E-state index in [1.54, 1.807) is 29.2 Å². The van der Waals surface area contributed by atoms with Crippen LogP contribution in [-0.4, -0.2) is 53.0 Å². The highest BCUT2D eigenvalue weighted by Gasteiger charge is 2.53. The number of aryl methyl sites for hydroxylation is 1. The van der Waals surface area contributed by atoms with Crippen molar-refractivity contribution >= 4 is 34.4 Å². The van der Waals surface area contributed by atoms with Crippen molar-refractivity contribution in [3.63, 3.8) is 0 Å². The first kappa shape index (κ1) is 26.8. The summed E-state index contributed by atoms with van der Waals surface area (Å²) < 4.78 is 5.51. The molecule has 2 atom stereocenters. The first-order valence-electron chi connectivity index (χ1n) is 14.2. The van der Waals surface area contributed by atoms with Gasteiger partial charge in [0.25, 0.3) is 11.8 Å². The molecule has 2 aliphatic heterocycles. The number of nitrogens with zero attached hydrogens (tertiary/aromatic N) is 2. The number of ether oxygens (including phenoxy) is 1. The number of aromatic nitrogens is 1. The zero-order chi connectivity index (χ0) is 28.7. The molecule has 0 bridgehead atoms. The number of carbonyl (C=O) groups is 3. The molecule has 8 heteroatoms. The number of anilines is 1. The Morgan fingerprint density at radius 3 is 2.49 bits per heavy atom. The molecule has 4 aromatic rings. The van der Waals surface area contributed by atoms with Crippen LogP contribution in [0.15, 0.2) is 72.8 Å². The third-order valence-corrected chi connectivity index (χ3v) is 7.89. The third-order valence-electron chi connectivity index (χ3n) is 7.89. The quantitative estimate of drug-likeness (QED) is 0.224. The van der Waals surface area contributed by atoms with Crippen molar-refractivity contribution in [1.82, 2.24) is 15.2 Å². The summed E-state index contributed by atoms with van der Waals surface area (Å²) in [5, 5.41) is 3.96. The van der Waals surface area contributed by atoms with E-state index in [9.17, 15) is 14.4 Å². The number of amides is 4. The highest BCUT2D eigenvalue weighted by molar-refractivity contribution is 6.22. The predicted octanol–water partition coefficient (Wildman–Crippen LogP) is 5.50. The van der Waals surface area contributed by atoms with E-state index < -0.39 is 12.1 Å². The number of H-pyrrole nitrogens is 1. The van der Waals surface area contributed by atoms with Crippen LogP contribution in [0.25, 0.3) is 10.9 Å². The Morgan fingerprint density at radius 2 is 1.76 bits per heavy atom. The van der Waals surface area contributed by atoms with Crippen LogP contribution >= 0.6 is 0 Å². The average molecular weight is 551 g/mol. The minimum absolute atomic E-state index is 0.158. The minimum Gasteiger partial charge on any atom is -0.379 e. The number of urea groups is 1. The number of nitrogens with one attached hydrogen (secondary N) is 2. The zero-order valence-corrected chi connectivity index (χ0v) is 23.5. The maximum atomic E-state index is 14.0. The smallest absolute Gasteiger partial charge is 0.332 e. The summed E-state index contributed by atoms with van der Waals surface area (Å²) >= 11 is 0. The van der Waals surface area contributed by atoms with Crippen molar-refractivity contribution < 1.29 is 19.1 Å². The van der Waals surface area contributed by atoms with Crippen LogP contribution in [0, 0.1) is 6.92 Å². The third kappa shape index (κ3) is 4.89. The summed E-state index contributed by atoms with van der Waals surface area (Å²) in [6.07, 6.45) is 1.31. The Bertz CT molecular complexity index is 1610. The van der Waals surface area contributed by atoms with Crippen molar-refractivity contribution in [2.45, 2.75) is 51.8 Å². The fraction of sp³-hybridized carbons (Fsp3) is 0.303. The van der Waals surface area contributed by atoms with E-state index in [4.69, 9.17) is 4.74 Å². The standard InChI is InChI=1S/C33H34N4O4/c1-20(2)41-18-6-17-34-31(38)23-13-15-24(16-14-23)36-32(39)28-19-26-25-7-4-5-8-27(25)35-29(26)30(37(28)33(36)40)22-11-9-21(3)10-12-22/h4-5,7-16,20,28,30,35H,6,17-19H2,1-3H3,(H,34,38). The molecular formula is C33H34N4O4. The van der Waals surface area contributed by atoms with Crippen molar-refractivity contribution in [2.24, 2.45) is 0 Å². The average Bonchev–Trinajstić information content (AvgIpc) is 3.46. The molecule has 41 heavy (non-hydrogen) atoms. The summed E-state index contributed by atoms with van der Waals surface area (Å²) in [6, 6.07) is 21.4. The summed E-state index contributed by atoms with van der Waals surface area (Å²) in [6.45, 7) is 7.06.